The normalized spacial score (nSPS) is 21.7. The van der Waals surface area contributed by atoms with E-state index < -0.39 is 29.3 Å². The van der Waals surface area contributed by atoms with E-state index in [1.54, 1.807) is 6.92 Å². The first kappa shape index (κ1) is 16.6. The Kier molecular flexibility index (Phi) is 4.39. The maximum absolute atomic E-state index is 13.5. The molecule has 0 radical (unpaired) electrons. The average Bonchev–Trinajstić information content (AvgIpc) is 2.80. The van der Waals surface area contributed by atoms with Crippen LogP contribution in [0.5, 0.6) is 0 Å². The van der Waals surface area contributed by atoms with Crippen molar-refractivity contribution in [3.05, 3.63) is 30.1 Å². The Balaban J connectivity index is 2.29. The monoisotopic (exact) mass is 335 g/mol. The van der Waals surface area contributed by atoms with Gasteiger partial charge in [0.25, 0.3) is 5.72 Å². The van der Waals surface area contributed by atoms with E-state index >= 15 is 0 Å². The number of halogens is 4. The second-order valence-electron chi connectivity index (χ2n) is 4.73. The molecule has 0 saturated heterocycles. The van der Waals surface area contributed by atoms with E-state index in [1.165, 1.54) is 18.2 Å². The Bertz CT molecular complexity index is 620. The molecule has 0 fully saturated rings. The van der Waals surface area contributed by atoms with Gasteiger partial charge in [0.15, 0.2) is 5.11 Å². The van der Waals surface area contributed by atoms with Crippen LogP contribution in [0.2, 0.25) is 0 Å². The number of alkyl halides is 3. The summed E-state index contributed by atoms with van der Waals surface area (Å²) in [7, 11) is 0. The van der Waals surface area contributed by atoms with Gasteiger partial charge in [-0.1, -0.05) is 19.1 Å². The van der Waals surface area contributed by atoms with E-state index in [4.69, 9.17) is 12.2 Å². The highest BCUT2D eigenvalue weighted by Crippen LogP contribution is 2.41. The quantitative estimate of drug-likeness (QED) is 0.643. The highest BCUT2D eigenvalue weighted by Gasteiger charge is 2.62. The topological polar surface area (TPSA) is 47.9 Å². The number of para-hydroxylation sites is 1. The third-order valence-corrected chi connectivity index (χ3v) is 3.49. The van der Waals surface area contributed by atoms with Crippen molar-refractivity contribution >= 4 is 28.7 Å². The summed E-state index contributed by atoms with van der Waals surface area (Å²) < 4.78 is 53.0. The molecular formula is C13H13F4N3OS. The van der Waals surface area contributed by atoms with Crippen LogP contribution < -0.4 is 5.32 Å². The van der Waals surface area contributed by atoms with Crippen LogP contribution in [0.25, 0.3) is 0 Å². The van der Waals surface area contributed by atoms with Crippen molar-refractivity contribution in [3.63, 3.8) is 0 Å². The number of thiocarbonyl (C=S) groups is 1. The molecule has 0 amide bonds. The summed E-state index contributed by atoms with van der Waals surface area (Å²) >= 11 is 4.86. The number of benzene rings is 1. The largest absolute Gasteiger partial charge is 0.438 e. The van der Waals surface area contributed by atoms with Crippen LogP contribution in [0.1, 0.15) is 19.8 Å². The van der Waals surface area contributed by atoms with Crippen molar-refractivity contribution in [2.24, 2.45) is 5.10 Å². The number of hydrogen-bond acceptors (Lipinski definition) is 3. The summed E-state index contributed by atoms with van der Waals surface area (Å²) in [5.41, 5.74) is -3.18. The Hall–Kier alpha value is -1.74. The zero-order valence-electron chi connectivity index (χ0n) is 11.5. The smallest absolute Gasteiger partial charge is 0.362 e. The molecule has 9 heteroatoms. The second-order valence-corrected chi connectivity index (χ2v) is 5.12. The lowest BCUT2D eigenvalue weighted by Crippen LogP contribution is -2.57. The van der Waals surface area contributed by atoms with Crippen molar-refractivity contribution in [1.29, 1.82) is 0 Å². The maximum atomic E-state index is 13.5. The van der Waals surface area contributed by atoms with E-state index in [1.807, 2.05) is 0 Å². The van der Waals surface area contributed by atoms with E-state index in [2.05, 4.69) is 10.4 Å². The molecule has 0 saturated carbocycles. The molecule has 1 aliphatic rings. The average molecular weight is 335 g/mol. The lowest BCUT2D eigenvalue weighted by molar-refractivity contribution is -0.294. The Labute approximate surface area is 129 Å². The minimum absolute atomic E-state index is 0.0998. The molecule has 2 rings (SSSR count). The molecule has 1 aromatic carbocycles. The first-order valence-electron chi connectivity index (χ1n) is 6.40. The summed E-state index contributed by atoms with van der Waals surface area (Å²) in [6, 6.07) is 5.37. The third kappa shape index (κ3) is 2.91. The molecule has 0 aliphatic carbocycles. The molecular weight excluding hydrogens is 322 g/mol. The van der Waals surface area contributed by atoms with Crippen LogP contribution in [0.4, 0.5) is 23.2 Å². The Morgan fingerprint density at radius 3 is 2.64 bits per heavy atom. The van der Waals surface area contributed by atoms with Crippen molar-refractivity contribution in [2.45, 2.75) is 31.7 Å². The predicted molar refractivity (Wildman–Crippen MR) is 77.8 cm³/mol. The van der Waals surface area contributed by atoms with Crippen LogP contribution in [-0.4, -0.2) is 32.8 Å². The van der Waals surface area contributed by atoms with Gasteiger partial charge < -0.3 is 10.4 Å². The molecule has 0 aromatic heterocycles. The van der Waals surface area contributed by atoms with Crippen LogP contribution >= 0.6 is 12.2 Å². The maximum Gasteiger partial charge on any atom is 0.438 e. The molecule has 0 bridgehead atoms. The van der Waals surface area contributed by atoms with Gasteiger partial charge in [0, 0.05) is 12.1 Å². The fraction of sp³-hybridized carbons (Fsp3) is 0.385. The number of hydrazone groups is 1. The van der Waals surface area contributed by atoms with Crippen LogP contribution in [-0.2, 0) is 0 Å². The highest BCUT2D eigenvalue weighted by atomic mass is 32.1. The van der Waals surface area contributed by atoms with E-state index in [0.717, 1.165) is 6.07 Å². The molecule has 1 atom stereocenters. The van der Waals surface area contributed by atoms with Gasteiger partial charge in [-0.2, -0.15) is 23.3 Å². The summed E-state index contributed by atoms with van der Waals surface area (Å²) in [5.74, 6) is -0.681. The van der Waals surface area contributed by atoms with E-state index in [9.17, 15) is 22.7 Å². The van der Waals surface area contributed by atoms with Crippen molar-refractivity contribution < 1.29 is 22.7 Å². The molecule has 1 unspecified atom stereocenters. The van der Waals surface area contributed by atoms with Crippen molar-refractivity contribution in [3.8, 4) is 0 Å². The van der Waals surface area contributed by atoms with Gasteiger partial charge in [0.2, 0.25) is 0 Å². The van der Waals surface area contributed by atoms with E-state index in [-0.39, 0.29) is 22.8 Å². The zero-order valence-corrected chi connectivity index (χ0v) is 12.3. The van der Waals surface area contributed by atoms with Crippen LogP contribution in [0, 0.1) is 5.82 Å². The van der Waals surface area contributed by atoms with Crippen LogP contribution in [0.3, 0.4) is 0 Å². The fourth-order valence-corrected chi connectivity index (χ4v) is 2.28. The van der Waals surface area contributed by atoms with Gasteiger partial charge >= 0.3 is 6.18 Å². The lowest BCUT2D eigenvalue weighted by atomic mass is 10.1. The number of hydrogen-bond donors (Lipinski definition) is 2. The zero-order chi connectivity index (χ0) is 16.5. The van der Waals surface area contributed by atoms with Crippen molar-refractivity contribution in [1.82, 2.24) is 5.01 Å². The molecule has 1 aliphatic heterocycles. The summed E-state index contributed by atoms with van der Waals surface area (Å²) in [4.78, 5) is 0. The SMILES string of the molecule is CCC1=NN(C(=S)Nc2ccccc2F)C(O)(C(F)(F)F)C1. The Morgan fingerprint density at radius 1 is 1.45 bits per heavy atom. The number of rotatable bonds is 2. The molecule has 4 nitrogen and oxygen atoms in total. The fourth-order valence-electron chi connectivity index (χ4n) is 1.98. The number of aliphatic hydroxyl groups is 1. The third-order valence-electron chi connectivity index (χ3n) is 3.21. The summed E-state index contributed by atoms with van der Waals surface area (Å²) in [5, 5.41) is 15.8. The number of anilines is 1. The predicted octanol–water partition coefficient (Wildman–Crippen LogP) is 3.25. The van der Waals surface area contributed by atoms with Gasteiger partial charge in [-0.3, -0.25) is 0 Å². The second kappa shape index (κ2) is 5.81. The van der Waals surface area contributed by atoms with Gasteiger partial charge in [0.1, 0.15) is 5.82 Å². The number of nitrogens with one attached hydrogen (secondary N) is 1. The molecule has 1 heterocycles. The number of nitrogens with zero attached hydrogens (tertiary/aromatic N) is 2. The van der Waals surface area contributed by atoms with Crippen LogP contribution in [0.15, 0.2) is 29.4 Å². The first-order valence-corrected chi connectivity index (χ1v) is 6.81. The first-order chi connectivity index (χ1) is 10.2. The molecule has 1 aromatic rings. The Morgan fingerprint density at radius 2 is 2.09 bits per heavy atom. The minimum Gasteiger partial charge on any atom is -0.362 e. The van der Waals surface area contributed by atoms with Gasteiger partial charge in [0.05, 0.1) is 5.69 Å². The summed E-state index contributed by atoms with van der Waals surface area (Å²) in [6.07, 6.45) is -5.43. The lowest BCUT2D eigenvalue weighted by Gasteiger charge is -2.34. The van der Waals surface area contributed by atoms with E-state index in [0.29, 0.717) is 0 Å². The summed E-state index contributed by atoms with van der Waals surface area (Å²) in [6.45, 7) is 1.62. The molecule has 0 spiro atoms. The highest BCUT2D eigenvalue weighted by molar-refractivity contribution is 7.80. The van der Waals surface area contributed by atoms with Gasteiger partial charge in [-0.05, 0) is 30.8 Å². The standard InChI is InChI=1S/C13H13F4N3OS/c1-2-8-7-12(21,13(15,16)17)20(19-8)11(22)18-10-6-4-3-5-9(10)14/h3-6,21H,2,7H2,1H3,(H,18,22). The van der Waals surface area contributed by atoms with Gasteiger partial charge in [-0.25, -0.2) is 4.39 Å². The van der Waals surface area contributed by atoms with Crippen molar-refractivity contribution in [2.75, 3.05) is 5.32 Å². The molecule has 22 heavy (non-hydrogen) atoms. The molecule has 2 N–H and O–H groups in total. The molecule has 120 valence electrons. The minimum atomic E-state index is -4.96. The van der Waals surface area contributed by atoms with Gasteiger partial charge in [-0.15, -0.1) is 0 Å².